The molecule has 0 aromatic heterocycles. The fourth-order valence-corrected chi connectivity index (χ4v) is 9.25. The number of fused-ring (bicyclic) bond motifs is 2. The highest BCUT2D eigenvalue weighted by molar-refractivity contribution is 7.87. The van der Waals surface area contributed by atoms with Crippen molar-refractivity contribution in [3.05, 3.63) is 64.7 Å². The SMILES string of the molecule is O=S(=O)(O)c1ccc(OS(=O)(=O)c2c(C3CCCC3)cc3ccccc3c2C2CCCC2)c2c1CCC2. The minimum atomic E-state index is -4.41. The molecule has 6 nitrogen and oxygen atoms in total. The third kappa shape index (κ3) is 4.47. The molecule has 0 spiro atoms. The fourth-order valence-electron chi connectivity index (χ4n) is 6.94. The lowest BCUT2D eigenvalue weighted by Gasteiger charge is -2.25. The maximum atomic E-state index is 14.3. The highest BCUT2D eigenvalue weighted by atomic mass is 32.2. The largest absolute Gasteiger partial charge is 0.379 e. The van der Waals surface area contributed by atoms with Gasteiger partial charge in [0.1, 0.15) is 10.6 Å². The van der Waals surface area contributed by atoms with Crippen LogP contribution in [0.2, 0.25) is 0 Å². The van der Waals surface area contributed by atoms with E-state index in [0.29, 0.717) is 35.3 Å². The van der Waals surface area contributed by atoms with E-state index in [-0.39, 0.29) is 22.5 Å². The molecule has 0 atom stereocenters. The van der Waals surface area contributed by atoms with Gasteiger partial charge in [-0.25, -0.2) is 0 Å². The zero-order valence-corrected chi connectivity index (χ0v) is 22.4. The first kappa shape index (κ1) is 24.9. The Balaban J connectivity index is 1.55. The monoisotopic (exact) mass is 540 g/mol. The van der Waals surface area contributed by atoms with E-state index in [9.17, 15) is 21.4 Å². The van der Waals surface area contributed by atoms with Gasteiger partial charge >= 0.3 is 10.1 Å². The third-order valence-electron chi connectivity index (χ3n) is 8.55. The quantitative estimate of drug-likeness (QED) is 0.277. The molecule has 2 fully saturated rings. The second-order valence-corrected chi connectivity index (χ2v) is 13.7. The van der Waals surface area contributed by atoms with Gasteiger partial charge < -0.3 is 4.18 Å². The van der Waals surface area contributed by atoms with E-state index < -0.39 is 20.2 Å². The molecule has 0 heterocycles. The Morgan fingerprint density at radius 1 is 0.757 bits per heavy atom. The second-order valence-electron chi connectivity index (χ2n) is 10.8. The van der Waals surface area contributed by atoms with Crippen molar-refractivity contribution in [2.45, 2.75) is 92.3 Å². The van der Waals surface area contributed by atoms with Gasteiger partial charge in [-0.2, -0.15) is 16.8 Å². The molecule has 3 aromatic rings. The molecule has 0 amide bonds. The molecule has 0 bridgehead atoms. The molecular weight excluding hydrogens is 508 g/mol. The van der Waals surface area contributed by atoms with Crippen LogP contribution in [0, 0.1) is 0 Å². The van der Waals surface area contributed by atoms with Gasteiger partial charge in [0.15, 0.2) is 0 Å². The van der Waals surface area contributed by atoms with Crippen molar-refractivity contribution in [3.63, 3.8) is 0 Å². The fraction of sp³-hybridized carbons (Fsp3) is 0.448. The van der Waals surface area contributed by atoms with Gasteiger partial charge in [0.2, 0.25) is 0 Å². The summed E-state index contributed by atoms with van der Waals surface area (Å²) in [4.78, 5) is 0.171. The van der Waals surface area contributed by atoms with Crippen LogP contribution in [-0.2, 0) is 33.1 Å². The zero-order valence-electron chi connectivity index (χ0n) is 20.8. The van der Waals surface area contributed by atoms with Crippen LogP contribution < -0.4 is 4.18 Å². The Kier molecular flexibility index (Phi) is 6.32. The van der Waals surface area contributed by atoms with Gasteiger partial charge in [-0.1, -0.05) is 49.9 Å². The lowest BCUT2D eigenvalue weighted by atomic mass is 9.86. The second kappa shape index (κ2) is 9.40. The normalized spacial score (nSPS) is 19.1. The van der Waals surface area contributed by atoms with E-state index in [1.165, 1.54) is 12.1 Å². The molecule has 37 heavy (non-hydrogen) atoms. The van der Waals surface area contributed by atoms with E-state index in [2.05, 4.69) is 12.1 Å². The van der Waals surface area contributed by atoms with Crippen molar-refractivity contribution in [1.29, 1.82) is 0 Å². The molecule has 1 N–H and O–H groups in total. The number of benzene rings is 3. The first-order valence-corrected chi connectivity index (χ1v) is 16.2. The Morgan fingerprint density at radius 2 is 1.41 bits per heavy atom. The van der Waals surface area contributed by atoms with Gasteiger partial charge in [-0.15, -0.1) is 0 Å². The van der Waals surface area contributed by atoms with Gasteiger partial charge in [0, 0.05) is 5.56 Å². The summed E-state index contributed by atoms with van der Waals surface area (Å²) in [6.45, 7) is 0. The van der Waals surface area contributed by atoms with Crippen LogP contribution in [0.25, 0.3) is 10.8 Å². The minimum absolute atomic E-state index is 0.159. The molecular formula is C29H32O6S2. The van der Waals surface area contributed by atoms with Crippen molar-refractivity contribution in [1.82, 2.24) is 0 Å². The van der Waals surface area contributed by atoms with Crippen LogP contribution in [0.3, 0.4) is 0 Å². The lowest BCUT2D eigenvalue weighted by Crippen LogP contribution is -2.18. The molecule has 6 rings (SSSR count). The summed E-state index contributed by atoms with van der Waals surface area (Å²) in [6, 6.07) is 12.8. The number of rotatable bonds is 6. The van der Waals surface area contributed by atoms with Gasteiger partial charge in [0.05, 0.1) is 4.90 Å². The van der Waals surface area contributed by atoms with E-state index in [1.54, 1.807) is 0 Å². The van der Waals surface area contributed by atoms with E-state index in [0.717, 1.165) is 73.3 Å². The Hall–Kier alpha value is -2.42. The molecule has 0 saturated heterocycles. The van der Waals surface area contributed by atoms with Crippen LogP contribution in [0.1, 0.15) is 91.9 Å². The van der Waals surface area contributed by atoms with Crippen molar-refractivity contribution in [2.24, 2.45) is 0 Å². The summed E-state index contributed by atoms with van der Waals surface area (Å²) in [7, 11) is -8.63. The summed E-state index contributed by atoms with van der Waals surface area (Å²) in [5, 5.41) is 2.05. The molecule has 2 saturated carbocycles. The molecule has 8 heteroatoms. The Labute approximate surface area is 218 Å². The Morgan fingerprint density at radius 3 is 2.11 bits per heavy atom. The first-order chi connectivity index (χ1) is 17.7. The smallest absolute Gasteiger partial charge is 0.339 e. The van der Waals surface area contributed by atoms with Crippen LogP contribution >= 0.6 is 0 Å². The van der Waals surface area contributed by atoms with Crippen molar-refractivity contribution in [2.75, 3.05) is 0 Å². The summed E-state index contributed by atoms with van der Waals surface area (Å²) < 4.78 is 68.0. The topological polar surface area (TPSA) is 97.7 Å². The maximum absolute atomic E-state index is 14.3. The lowest BCUT2D eigenvalue weighted by molar-refractivity contribution is 0.477. The number of hydrogen-bond donors (Lipinski definition) is 1. The summed E-state index contributed by atoms with van der Waals surface area (Å²) in [5.74, 6) is 0.501. The van der Waals surface area contributed by atoms with Crippen molar-refractivity contribution >= 4 is 31.0 Å². The highest BCUT2D eigenvalue weighted by Gasteiger charge is 2.36. The average molecular weight is 541 g/mol. The molecule has 3 aliphatic rings. The van der Waals surface area contributed by atoms with Gasteiger partial charge in [0.25, 0.3) is 10.1 Å². The predicted molar refractivity (Wildman–Crippen MR) is 142 cm³/mol. The molecule has 196 valence electrons. The van der Waals surface area contributed by atoms with Crippen LogP contribution in [0.15, 0.2) is 52.3 Å². The molecule has 0 radical (unpaired) electrons. The molecule has 0 aliphatic heterocycles. The van der Waals surface area contributed by atoms with Crippen LogP contribution in [0.4, 0.5) is 0 Å². The average Bonchev–Trinajstić information content (AvgIpc) is 3.65. The van der Waals surface area contributed by atoms with Gasteiger partial charge in [-0.05, 0) is 102 Å². The van der Waals surface area contributed by atoms with Crippen molar-refractivity contribution < 1.29 is 25.6 Å². The highest BCUT2D eigenvalue weighted by Crippen LogP contribution is 2.48. The third-order valence-corrected chi connectivity index (χ3v) is 10.8. The summed E-state index contributed by atoms with van der Waals surface area (Å²) >= 11 is 0. The first-order valence-electron chi connectivity index (χ1n) is 13.4. The zero-order chi connectivity index (χ0) is 25.8. The molecule has 0 unspecified atom stereocenters. The summed E-state index contributed by atoms with van der Waals surface area (Å²) in [5.41, 5.74) is 2.78. The Bertz CT molecular complexity index is 1580. The minimum Gasteiger partial charge on any atom is -0.379 e. The predicted octanol–water partition coefficient (Wildman–Crippen LogP) is 6.66. The maximum Gasteiger partial charge on any atom is 0.339 e. The van der Waals surface area contributed by atoms with Crippen LogP contribution in [0.5, 0.6) is 5.75 Å². The molecule has 3 aromatic carbocycles. The number of hydrogen-bond acceptors (Lipinski definition) is 5. The standard InChI is InChI=1S/C29H32O6S2/c30-36(31,32)27-17-16-26(23-14-7-15-24(23)27)35-37(33,34)29-25(19-8-1-2-9-19)18-21-12-5-6-13-22(21)28(29)20-10-3-4-11-20/h5-6,12-13,16-20H,1-4,7-11,14-15H2,(H,30,31,32). The van der Waals surface area contributed by atoms with Crippen LogP contribution in [-0.4, -0.2) is 21.4 Å². The molecule has 3 aliphatic carbocycles. The summed E-state index contributed by atoms with van der Waals surface area (Å²) in [6.07, 6.45) is 9.81. The van der Waals surface area contributed by atoms with E-state index in [4.69, 9.17) is 4.18 Å². The van der Waals surface area contributed by atoms with E-state index >= 15 is 0 Å². The van der Waals surface area contributed by atoms with E-state index in [1.807, 2.05) is 18.2 Å². The van der Waals surface area contributed by atoms with Crippen molar-refractivity contribution in [3.8, 4) is 5.75 Å². The van der Waals surface area contributed by atoms with Gasteiger partial charge in [-0.3, -0.25) is 4.55 Å².